The van der Waals surface area contributed by atoms with E-state index in [0.29, 0.717) is 24.7 Å². The lowest BCUT2D eigenvalue weighted by molar-refractivity contribution is 0.0572. The van der Waals surface area contributed by atoms with Crippen molar-refractivity contribution in [3.05, 3.63) is 29.8 Å². The second-order valence-electron chi connectivity index (χ2n) is 4.45. The minimum absolute atomic E-state index is 0.119. The summed E-state index contributed by atoms with van der Waals surface area (Å²) in [4.78, 5) is 19.5. The summed E-state index contributed by atoms with van der Waals surface area (Å²) >= 11 is 0. The van der Waals surface area contributed by atoms with E-state index in [-0.39, 0.29) is 5.91 Å². The molecule has 92 valence electrons. The van der Waals surface area contributed by atoms with E-state index >= 15 is 0 Å². The molecule has 0 spiro atoms. The molecule has 1 amide bonds. The first-order valence-corrected chi connectivity index (χ1v) is 5.69. The van der Waals surface area contributed by atoms with Crippen molar-refractivity contribution in [2.45, 2.75) is 13.0 Å². The Labute approximate surface area is 100 Å². The van der Waals surface area contributed by atoms with Gasteiger partial charge < -0.3 is 9.80 Å². The van der Waals surface area contributed by atoms with E-state index in [1.165, 1.54) is 12.3 Å². The predicted molar refractivity (Wildman–Crippen MR) is 62.2 cm³/mol. The van der Waals surface area contributed by atoms with Gasteiger partial charge in [-0.1, -0.05) is 0 Å². The molecular weight excluding hydrogens is 221 g/mol. The zero-order valence-corrected chi connectivity index (χ0v) is 10.1. The van der Waals surface area contributed by atoms with Gasteiger partial charge in [-0.05, 0) is 20.0 Å². The van der Waals surface area contributed by atoms with E-state index in [0.717, 1.165) is 6.54 Å². The van der Waals surface area contributed by atoms with E-state index in [4.69, 9.17) is 0 Å². The molecule has 2 rings (SSSR count). The van der Waals surface area contributed by atoms with Gasteiger partial charge in [0.25, 0.3) is 5.91 Å². The van der Waals surface area contributed by atoms with Gasteiger partial charge >= 0.3 is 0 Å². The molecule has 1 unspecified atom stereocenters. The van der Waals surface area contributed by atoms with Gasteiger partial charge in [0.2, 0.25) is 5.95 Å². The van der Waals surface area contributed by atoms with Crippen molar-refractivity contribution in [3.8, 4) is 0 Å². The molecule has 4 nitrogen and oxygen atoms in total. The molecule has 1 aromatic rings. The highest BCUT2D eigenvalue weighted by Crippen LogP contribution is 2.11. The SMILES string of the molecule is CC1CN(C(=O)c2ccnc(F)c2)CCN1C. The van der Waals surface area contributed by atoms with Gasteiger partial charge in [-0.15, -0.1) is 0 Å². The van der Waals surface area contributed by atoms with Crippen LogP contribution in [0.1, 0.15) is 17.3 Å². The molecule has 1 saturated heterocycles. The average molecular weight is 237 g/mol. The summed E-state index contributed by atoms with van der Waals surface area (Å²) in [6, 6.07) is 3.07. The summed E-state index contributed by atoms with van der Waals surface area (Å²) in [5, 5.41) is 0. The lowest BCUT2D eigenvalue weighted by Gasteiger charge is -2.37. The lowest BCUT2D eigenvalue weighted by atomic mass is 10.1. The van der Waals surface area contributed by atoms with Gasteiger partial charge in [0.1, 0.15) is 0 Å². The van der Waals surface area contributed by atoms with Crippen LogP contribution in [0.4, 0.5) is 4.39 Å². The molecule has 1 atom stereocenters. The molecule has 0 aliphatic carbocycles. The molecule has 5 heteroatoms. The molecule has 1 aliphatic rings. The topological polar surface area (TPSA) is 36.4 Å². The van der Waals surface area contributed by atoms with Gasteiger partial charge in [-0.2, -0.15) is 4.39 Å². The quantitative estimate of drug-likeness (QED) is 0.684. The number of halogens is 1. The summed E-state index contributed by atoms with van der Waals surface area (Å²) in [5.41, 5.74) is 0.370. The Balaban J connectivity index is 2.10. The van der Waals surface area contributed by atoms with Gasteiger partial charge in [-0.3, -0.25) is 4.79 Å². The van der Waals surface area contributed by atoms with Crippen molar-refractivity contribution in [1.29, 1.82) is 0 Å². The Morgan fingerprint density at radius 2 is 2.29 bits per heavy atom. The Morgan fingerprint density at radius 3 is 2.94 bits per heavy atom. The van der Waals surface area contributed by atoms with Crippen LogP contribution in [0.5, 0.6) is 0 Å². The standard InChI is InChI=1S/C12H16FN3O/c1-9-8-16(6-5-15(9)2)12(17)10-3-4-14-11(13)7-10/h3-4,7,9H,5-6,8H2,1-2H3. The molecule has 2 heterocycles. The van der Waals surface area contributed by atoms with Crippen LogP contribution >= 0.6 is 0 Å². The number of piperazine rings is 1. The summed E-state index contributed by atoms with van der Waals surface area (Å²) in [6.07, 6.45) is 1.32. The van der Waals surface area contributed by atoms with Gasteiger partial charge in [0.05, 0.1) is 0 Å². The maximum absolute atomic E-state index is 12.9. The summed E-state index contributed by atoms with van der Waals surface area (Å²) in [5.74, 6) is -0.732. The molecule has 0 aromatic carbocycles. The molecule has 1 aliphatic heterocycles. The molecule has 0 N–H and O–H groups in total. The van der Waals surface area contributed by atoms with Gasteiger partial charge in [0.15, 0.2) is 0 Å². The second kappa shape index (κ2) is 4.79. The summed E-state index contributed by atoms with van der Waals surface area (Å²) < 4.78 is 12.9. The van der Waals surface area contributed by atoms with Crippen molar-refractivity contribution in [2.75, 3.05) is 26.7 Å². The van der Waals surface area contributed by atoms with Gasteiger partial charge in [-0.25, -0.2) is 4.98 Å². The third-order valence-corrected chi connectivity index (χ3v) is 3.22. The highest BCUT2D eigenvalue weighted by Gasteiger charge is 2.25. The first-order chi connectivity index (χ1) is 8.08. The molecule has 0 saturated carbocycles. The molecule has 1 aromatic heterocycles. The minimum Gasteiger partial charge on any atom is -0.336 e. The fourth-order valence-electron chi connectivity index (χ4n) is 1.95. The maximum Gasteiger partial charge on any atom is 0.254 e. The number of aromatic nitrogens is 1. The summed E-state index contributed by atoms with van der Waals surface area (Å²) in [6.45, 7) is 4.29. The largest absolute Gasteiger partial charge is 0.336 e. The van der Waals surface area contributed by atoms with Crippen LogP contribution in [-0.2, 0) is 0 Å². The molecule has 17 heavy (non-hydrogen) atoms. The van der Waals surface area contributed by atoms with Crippen LogP contribution in [0.3, 0.4) is 0 Å². The molecule has 0 radical (unpaired) electrons. The Hall–Kier alpha value is -1.49. The van der Waals surface area contributed by atoms with Gasteiger partial charge in [0, 0.05) is 43.5 Å². The van der Waals surface area contributed by atoms with Crippen LogP contribution in [0, 0.1) is 5.95 Å². The van der Waals surface area contributed by atoms with Crippen LogP contribution in [0.2, 0.25) is 0 Å². The highest BCUT2D eigenvalue weighted by atomic mass is 19.1. The molecule has 0 bridgehead atoms. The van der Waals surface area contributed by atoms with E-state index in [2.05, 4.69) is 16.8 Å². The van der Waals surface area contributed by atoms with Crippen molar-refractivity contribution in [3.63, 3.8) is 0 Å². The van der Waals surface area contributed by atoms with Crippen LogP contribution in [-0.4, -0.2) is 53.4 Å². The van der Waals surface area contributed by atoms with Crippen LogP contribution < -0.4 is 0 Å². The third kappa shape index (κ3) is 2.61. The lowest BCUT2D eigenvalue weighted by Crippen LogP contribution is -2.52. The Bertz CT molecular complexity index is 424. The number of hydrogen-bond acceptors (Lipinski definition) is 3. The smallest absolute Gasteiger partial charge is 0.254 e. The van der Waals surface area contributed by atoms with E-state index in [1.54, 1.807) is 11.0 Å². The summed E-state index contributed by atoms with van der Waals surface area (Å²) in [7, 11) is 2.04. The normalized spacial score (nSPS) is 21.6. The van der Waals surface area contributed by atoms with Crippen molar-refractivity contribution < 1.29 is 9.18 Å². The Morgan fingerprint density at radius 1 is 1.53 bits per heavy atom. The number of pyridine rings is 1. The monoisotopic (exact) mass is 237 g/mol. The van der Waals surface area contributed by atoms with Crippen LogP contribution in [0.15, 0.2) is 18.3 Å². The first kappa shape index (κ1) is 12.0. The van der Waals surface area contributed by atoms with E-state index in [9.17, 15) is 9.18 Å². The molecular formula is C12H16FN3O. The van der Waals surface area contributed by atoms with E-state index in [1.807, 2.05) is 7.05 Å². The Kier molecular flexibility index (Phi) is 3.38. The molecule has 1 fully saturated rings. The first-order valence-electron chi connectivity index (χ1n) is 5.69. The van der Waals surface area contributed by atoms with Crippen molar-refractivity contribution >= 4 is 5.91 Å². The number of rotatable bonds is 1. The zero-order valence-electron chi connectivity index (χ0n) is 10.1. The van der Waals surface area contributed by atoms with Crippen molar-refractivity contribution in [2.24, 2.45) is 0 Å². The number of hydrogen-bond donors (Lipinski definition) is 0. The number of carbonyl (C=O) groups is 1. The number of nitrogens with zero attached hydrogens (tertiary/aromatic N) is 3. The number of amides is 1. The third-order valence-electron chi connectivity index (χ3n) is 3.22. The number of likely N-dealkylation sites (N-methyl/N-ethyl adjacent to an activating group) is 1. The predicted octanol–water partition coefficient (Wildman–Crippen LogP) is 0.997. The van der Waals surface area contributed by atoms with E-state index < -0.39 is 5.95 Å². The second-order valence-corrected chi connectivity index (χ2v) is 4.45. The van der Waals surface area contributed by atoms with Crippen LogP contribution in [0.25, 0.3) is 0 Å². The maximum atomic E-state index is 12.9. The fourth-order valence-corrected chi connectivity index (χ4v) is 1.95. The number of carbonyl (C=O) groups excluding carboxylic acids is 1. The van der Waals surface area contributed by atoms with Crippen molar-refractivity contribution in [1.82, 2.24) is 14.8 Å². The zero-order chi connectivity index (χ0) is 12.4. The highest BCUT2D eigenvalue weighted by molar-refractivity contribution is 5.94. The fraction of sp³-hybridized carbons (Fsp3) is 0.500. The minimum atomic E-state index is -0.613. The average Bonchev–Trinajstić information content (AvgIpc) is 2.32.